The van der Waals surface area contributed by atoms with Crippen LogP contribution in [0.25, 0.3) is 87.6 Å². The fourth-order valence-corrected chi connectivity index (χ4v) is 7.59. The Labute approximate surface area is 255 Å². The van der Waals surface area contributed by atoms with Crippen molar-refractivity contribution in [3.05, 3.63) is 145 Å². The normalized spacial score (nSPS) is 13.6. The molecular weight excluding hydrogens is 532 g/mol. The average molecular weight is 561 g/mol. The van der Waals surface area contributed by atoms with Crippen molar-refractivity contribution in [2.75, 3.05) is 0 Å². The highest BCUT2D eigenvalue weighted by Crippen LogP contribution is 2.49. The summed E-state index contributed by atoms with van der Waals surface area (Å²) in [4.78, 5) is 0. The zero-order valence-electron chi connectivity index (χ0n) is 24.2. The maximum Gasteiger partial charge on any atom is 0.143 e. The van der Waals surface area contributed by atoms with Crippen molar-refractivity contribution >= 4 is 54.3 Å². The highest BCUT2D eigenvalue weighted by atomic mass is 16.3. The highest BCUT2D eigenvalue weighted by Gasteiger charge is 2.28. The van der Waals surface area contributed by atoms with E-state index in [0.29, 0.717) is 5.92 Å². The molecule has 206 valence electrons. The Balaban J connectivity index is 1.19. The molecule has 0 unspecified atom stereocenters. The SMILES string of the molecule is c1ccc(-c2ccc3ccc4c(-c5ccc(-c6cccc7c6oc6ccccc67)c(C6CC6)c5)ccc5ccc2c3c54)cc1. The van der Waals surface area contributed by atoms with Crippen molar-refractivity contribution in [1.29, 1.82) is 0 Å². The molecule has 1 heteroatoms. The Morgan fingerprint density at radius 1 is 0.432 bits per heavy atom. The molecule has 0 bridgehead atoms. The molecule has 1 fully saturated rings. The molecule has 1 aliphatic rings. The van der Waals surface area contributed by atoms with Gasteiger partial charge in [-0.3, -0.25) is 0 Å². The first-order valence-electron chi connectivity index (χ1n) is 15.6. The van der Waals surface area contributed by atoms with E-state index < -0.39 is 0 Å². The molecule has 8 aromatic carbocycles. The lowest BCUT2D eigenvalue weighted by Crippen LogP contribution is -1.92. The summed E-state index contributed by atoms with van der Waals surface area (Å²) >= 11 is 0. The van der Waals surface area contributed by atoms with Gasteiger partial charge in [-0.15, -0.1) is 0 Å². The Morgan fingerprint density at radius 2 is 1.07 bits per heavy atom. The van der Waals surface area contributed by atoms with Crippen LogP contribution >= 0.6 is 0 Å². The summed E-state index contributed by atoms with van der Waals surface area (Å²) in [7, 11) is 0. The average Bonchev–Trinajstić information content (AvgIpc) is 3.87. The molecule has 1 aliphatic carbocycles. The maximum atomic E-state index is 6.47. The molecule has 9 aromatic rings. The molecule has 1 saturated carbocycles. The van der Waals surface area contributed by atoms with Crippen LogP contribution in [0.5, 0.6) is 0 Å². The van der Waals surface area contributed by atoms with E-state index in [4.69, 9.17) is 4.42 Å². The predicted octanol–water partition coefficient (Wildman–Crippen LogP) is 12.4. The first-order valence-corrected chi connectivity index (χ1v) is 15.6. The third-order valence-corrected chi connectivity index (χ3v) is 9.82. The molecule has 0 radical (unpaired) electrons. The van der Waals surface area contributed by atoms with Crippen LogP contribution in [0.15, 0.2) is 144 Å². The molecule has 44 heavy (non-hydrogen) atoms. The second-order valence-corrected chi connectivity index (χ2v) is 12.4. The molecule has 0 N–H and O–H groups in total. The topological polar surface area (TPSA) is 13.1 Å². The predicted molar refractivity (Wildman–Crippen MR) is 186 cm³/mol. The summed E-state index contributed by atoms with van der Waals surface area (Å²) in [5.74, 6) is 0.595. The molecule has 10 rings (SSSR count). The second kappa shape index (κ2) is 9.05. The van der Waals surface area contributed by atoms with Gasteiger partial charge >= 0.3 is 0 Å². The van der Waals surface area contributed by atoms with Gasteiger partial charge in [-0.05, 0) is 90.5 Å². The van der Waals surface area contributed by atoms with Crippen LogP contribution in [0.2, 0.25) is 0 Å². The van der Waals surface area contributed by atoms with Gasteiger partial charge in [0, 0.05) is 16.3 Å². The van der Waals surface area contributed by atoms with E-state index in [1.807, 2.05) is 6.07 Å². The lowest BCUT2D eigenvalue weighted by atomic mass is 9.86. The fraction of sp³-hybridized carbons (Fsp3) is 0.0698. The minimum atomic E-state index is 0.595. The van der Waals surface area contributed by atoms with Crippen molar-refractivity contribution in [3.63, 3.8) is 0 Å². The van der Waals surface area contributed by atoms with Gasteiger partial charge in [-0.2, -0.15) is 0 Å². The number of fused-ring (bicyclic) bond motifs is 3. The number of hydrogen-bond donors (Lipinski definition) is 0. The lowest BCUT2D eigenvalue weighted by molar-refractivity contribution is 0.670. The number of rotatable bonds is 4. The Hall–Kier alpha value is -5.40. The third kappa shape index (κ3) is 3.47. The zero-order chi connectivity index (χ0) is 28.8. The standard InChI is InChI=1S/C43H28O/c1-2-7-26(8-3-1)31-20-15-28-18-24-36-32(21-16-29-17-23-35(31)41(28)42(29)36)30-19-22-33(39(25-30)27-13-14-27)37-10-6-11-38-34-9-4-5-12-40(34)44-43(37)38/h1-12,15-25,27H,13-14H2. The van der Waals surface area contributed by atoms with Gasteiger partial charge in [0.05, 0.1) is 0 Å². The Kier molecular flexibility index (Phi) is 4.95. The van der Waals surface area contributed by atoms with E-state index in [1.165, 1.54) is 94.9 Å². The largest absolute Gasteiger partial charge is 0.455 e. The summed E-state index contributed by atoms with van der Waals surface area (Å²) in [6, 6.07) is 51.3. The molecule has 0 aliphatic heterocycles. The van der Waals surface area contributed by atoms with E-state index in [-0.39, 0.29) is 0 Å². The summed E-state index contributed by atoms with van der Waals surface area (Å²) in [6.45, 7) is 0. The summed E-state index contributed by atoms with van der Waals surface area (Å²) in [5.41, 5.74) is 11.0. The first kappa shape index (κ1) is 24.1. The van der Waals surface area contributed by atoms with Gasteiger partial charge in [-0.25, -0.2) is 0 Å². The van der Waals surface area contributed by atoms with Crippen LogP contribution in [-0.2, 0) is 0 Å². The van der Waals surface area contributed by atoms with Crippen molar-refractivity contribution in [1.82, 2.24) is 0 Å². The third-order valence-electron chi connectivity index (χ3n) is 9.82. The van der Waals surface area contributed by atoms with Crippen molar-refractivity contribution in [2.45, 2.75) is 18.8 Å². The number of hydrogen-bond acceptors (Lipinski definition) is 1. The van der Waals surface area contributed by atoms with Crippen LogP contribution in [-0.4, -0.2) is 0 Å². The van der Waals surface area contributed by atoms with Gasteiger partial charge in [0.15, 0.2) is 0 Å². The van der Waals surface area contributed by atoms with E-state index in [0.717, 1.165) is 11.2 Å². The Morgan fingerprint density at radius 3 is 1.82 bits per heavy atom. The van der Waals surface area contributed by atoms with E-state index >= 15 is 0 Å². The monoisotopic (exact) mass is 560 g/mol. The Bertz CT molecular complexity index is 2550. The van der Waals surface area contributed by atoms with Crippen LogP contribution in [0, 0.1) is 0 Å². The number of benzene rings is 8. The smallest absolute Gasteiger partial charge is 0.143 e. The minimum absolute atomic E-state index is 0.595. The maximum absolute atomic E-state index is 6.47. The van der Waals surface area contributed by atoms with Gasteiger partial charge in [0.1, 0.15) is 11.2 Å². The van der Waals surface area contributed by atoms with Crippen LogP contribution < -0.4 is 0 Å². The van der Waals surface area contributed by atoms with Gasteiger partial charge in [-0.1, -0.05) is 133 Å². The second-order valence-electron chi connectivity index (χ2n) is 12.4. The molecular formula is C43H28O. The van der Waals surface area contributed by atoms with Crippen LogP contribution in [0.4, 0.5) is 0 Å². The molecule has 0 saturated heterocycles. The molecule has 0 amide bonds. The quantitative estimate of drug-likeness (QED) is 0.195. The highest BCUT2D eigenvalue weighted by molar-refractivity contribution is 6.27. The van der Waals surface area contributed by atoms with Gasteiger partial charge in [0.25, 0.3) is 0 Å². The summed E-state index contributed by atoms with van der Waals surface area (Å²) in [6.07, 6.45) is 2.49. The lowest BCUT2D eigenvalue weighted by Gasteiger charge is -2.18. The summed E-state index contributed by atoms with van der Waals surface area (Å²) < 4.78 is 6.47. The zero-order valence-corrected chi connectivity index (χ0v) is 24.2. The van der Waals surface area contributed by atoms with E-state index in [2.05, 4.69) is 133 Å². The van der Waals surface area contributed by atoms with Crippen LogP contribution in [0.1, 0.15) is 24.3 Å². The molecule has 0 spiro atoms. The number of furan rings is 1. The minimum Gasteiger partial charge on any atom is -0.455 e. The van der Waals surface area contributed by atoms with E-state index in [9.17, 15) is 0 Å². The van der Waals surface area contributed by atoms with Gasteiger partial charge < -0.3 is 4.42 Å². The first-order chi connectivity index (χ1) is 21.8. The number of para-hydroxylation sites is 2. The molecule has 1 aromatic heterocycles. The van der Waals surface area contributed by atoms with Gasteiger partial charge in [0.2, 0.25) is 0 Å². The van der Waals surface area contributed by atoms with Crippen molar-refractivity contribution in [3.8, 4) is 33.4 Å². The van der Waals surface area contributed by atoms with Crippen LogP contribution in [0.3, 0.4) is 0 Å². The molecule has 0 atom stereocenters. The fourth-order valence-electron chi connectivity index (χ4n) is 7.59. The van der Waals surface area contributed by atoms with Crippen molar-refractivity contribution in [2.24, 2.45) is 0 Å². The van der Waals surface area contributed by atoms with E-state index in [1.54, 1.807) is 0 Å². The molecule has 1 heterocycles. The molecule has 1 nitrogen and oxygen atoms in total. The summed E-state index contributed by atoms with van der Waals surface area (Å²) in [5, 5.41) is 10.3. The van der Waals surface area contributed by atoms with Crippen molar-refractivity contribution < 1.29 is 4.42 Å².